The van der Waals surface area contributed by atoms with E-state index in [1.807, 2.05) is 0 Å². The molecule has 0 aliphatic heterocycles. The van der Waals surface area contributed by atoms with Crippen molar-refractivity contribution in [1.82, 2.24) is 0 Å². The first kappa shape index (κ1) is 14.1. The van der Waals surface area contributed by atoms with E-state index in [9.17, 15) is 0 Å². The molecule has 18 heavy (non-hydrogen) atoms. The lowest BCUT2D eigenvalue weighted by Gasteiger charge is -2.17. The highest BCUT2D eigenvalue weighted by Crippen LogP contribution is 2.35. The van der Waals surface area contributed by atoms with Crippen molar-refractivity contribution in [3.63, 3.8) is 0 Å². The van der Waals surface area contributed by atoms with Crippen LogP contribution in [0.15, 0.2) is 40.9 Å². The maximum absolute atomic E-state index is 3.79. The van der Waals surface area contributed by atoms with Gasteiger partial charge in [-0.25, -0.2) is 0 Å². The van der Waals surface area contributed by atoms with Crippen LogP contribution in [0.3, 0.4) is 0 Å². The van der Waals surface area contributed by atoms with Crippen LogP contribution in [0.4, 0.5) is 0 Å². The number of fused-ring (bicyclic) bond motifs is 1. The van der Waals surface area contributed by atoms with Crippen molar-refractivity contribution in [3.8, 4) is 0 Å². The second-order valence-electron chi connectivity index (χ2n) is 4.68. The smallest absolute Gasteiger partial charge is 0.0288 e. The van der Waals surface area contributed by atoms with Gasteiger partial charge in [0, 0.05) is 9.80 Å². The maximum Gasteiger partial charge on any atom is 0.0288 e. The summed E-state index contributed by atoms with van der Waals surface area (Å²) in [5.74, 6) is 0.601. The Balaban J connectivity index is 2.40. The Morgan fingerprint density at radius 2 is 1.89 bits per heavy atom. The fraction of sp³-hybridized carbons (Fsp3) is 0.375. The summed E-state index contributed by atoms with van der Waals surface area (Å²) in [6, 6.07) is 13.1. The predicted molar refractivity (Wildman–Crippen MR) is 87.7 cm³/mol. The largest absolute Gasteiger partial charge is 0.0921 e. The molecule has 0 saturated heterocycles. The van der Waals surface area contributed by atoms with Gasteiger partial charge in [0.2, 0.25) is 0 Å². The Morgan fingerprint density at radius 3 is 2.61 bits per heavy atom. The van der Waals surface area contributed by atoms with Gasteiger partial charge < -0.3 is 0 Å². The Morgan fingerprint density at radius 1 is 1.11 bits per heavy atom. The van der Waals surface area contributed by atoms with E-state index in [2.05, 4.69) is 75.2 Å². The van der Waals surface area contributed by atoms with Crippen LogP contribution in [-0.4, -0.2) is 5.33 Å². The second kappa shape index (κ2) is 6.72. The van der Waals surface area contributed by atoms with E-state index in [1.165, 1.54) is 40.1 Å². The first-order valence-corrected chi connectivity index (χ1v) is 8.42. The van der Waals surface area contributed by atoms with E-state index < -0.39 is 0 Å². The molecule has 1 atom stereocenters. The summed E-state index contributed by atoms with van der Waals surface area (Å²) in [4.78, 5) is 0. The maximum atomic E-state index is 3.79. The first-order chi connectivity index (χ1) is 8.77. The van der Waals surface area contributed by atoms with Crippen LogP contribution in [0.5, 0.6) is 0 Å². The van der Waals surface area contributed by atoms with Crippen molar-refractivity contribution in [2.75, 3.05) is 5.33 Å². The average molecular weight is 370 g/mol. The number of hydrogen-bond donors (Lipinski definition) is 0. The SMILES string of the molecule is CCCCC(CBr)c1ccc2ccccc2c1Br. The Hall–Kier alpha value is -0.340. The molecule has 0 aromatic heterocycles. The molecule has 96 valence electrons. The number of halogens is 2. The van der Waals surface area contributed by atoms with Gasteiger partial charge in [-0.3, -0.25) is 0 Å². The van der Waals surface area contributed by atoms with Crippen LogP contribution < -0.4 is 0 Å². The van der Waals surface area contributed by atoms with Crippen LogP contribution in [0.2, 0.25) is 0 Å². The number of unbranched alkanes of at least 4 members (excludes halogenated alkanes) is 1. The van der Waals surface area contributed by atoms with E-state index in [0.29, 0.717) is 5.92 Å². The second-order valence-corrected chi connectivity index (χ2v) is 6.12. The highest BCUT2D eigenvalue weighted by Gasteiger charge is 2.14. The van der Waals surface area contributed by atoms with Gasteiger partial charge in [0.1, 0.15) is 0 Å². The normalized spacial score (nSPS) is 12.8. The van der Waals surface area contributed by atoms with E-state index >= 15 is 0 Å². The van der Waals surface area contributed by atoms with Crippen molar-refractivity contribution in [3.05, 3.63) is 46.4 Å². The van der Waals surface area contributed by atoms with Crippen molar-refractivity contribution in [2.24, 2.45) is 0 Å². The third-order valence-corrected chi connectivity index (χ3v) is 5.09. The highest BCUT2D eigenvalue weighted by molar-refractivity contribution is 9.10. The van der Waals surface area contributed by atoms with Gasteiger partial charge in [-0.15, -0.1) is 0 Å². The van der Waals surface area contributed by atoms with Crippen LogP contribution >= 0.6 is 31.9 Å². The summed E-state index contributed by atoms with van der Waals surface area (Å²) >= 11 is 7.45. The first-order valence-electron chi connectivity index (χ1n) is 6.51. The Bertz CT molecular complexity index is 519. The molecule has 0 radical (unpaired) electrons. The summed E-state index contributed by atoms with van der Waals surface area (Å²) < 4.78 is 1.26. The fourth-order valence-corrected chi connectivity index (χ4v) is 3.82. The van der Waals surface area contributed by atoms with Gasteiger partial charge in [0.05, 0.1) is 0 Å². The lowest BCUT2D eigenvalue weighted by molar-refractivity contribution is 0.632. The fourth-order valence-electron chi connectivity index (χ4n) is 2.33. The molecule has 0 saturated carbocycles. The zero-order valence-corrected chi connectivity index (χ0v) is 13.8. The van der Waals surface area contributed by atoms with Crippen LogP contribution in [0, 0.1) is 0 Å². The minimum atomic E-state index is 0.601. The van der Waals surface area contributed by atoms with Crippen molar-refractivity contribution in [1.29, 1.82) is 0 Å². The summed E-state index contributed by atoms with van der Waals surface area (Å²) in [5, 5.41) is 3.65. The van der Waals surface area contributed by atoms with Crippen LogP contribution in [-0.2, 0) is 0 Å². The van der Waals surface area contributed by atoms with Crippen LogP contribution in [0.1, 0.15) is 37.7 Å². The predicted octanol–water partition coefficient (Wildman–Crippen LogP) is 6.27. The van der Waals surface area contributed by atoms with Crippen molar-refractivity contribution >= 4 is 42.6 Å². The zero-order valence-electron chi connectivity index (χ0n) is 10.6. The molecule has 0 nitrogen and oxygen atoms in total. The van der Waals surface area contributed by atoms with Gasteiger partial charge in [-0.05, 0) is 44.6 Å². The quantitative estimate of drug-likeness (QED) is 0.544. The topological polar surface area (TPSA) is 0 Å². The molecule has 2 aromatic rings. The molecule has 2 rings (SSSR count). The van der Waals surface area contributed by atoms with E-state index in [0.717, 1.165) is 5.33 Å². The van der Waals surface area contributed by atoms with Crippen molar-refractivity contribution < 1.29 is 0 Å². The minimum Gasteiger partial charge on any atom is -0.0921 e. The summed E-state index contributed by atoms with van der Waals surface area (Å²) in [6.45, 7) is 2.25. The molecule has 1 unspecified atom stereocenters. The standard InChI is InChI=1S/C16H18Br2/c1-2-3-6-13(11-17)15-10-9-12-7-4-5-8-14(12)16(15)18/h4-5,7-10,13H,2-3,6,11H2,1H3. The van der Waals surface area contributed by atoms with E-state index in [-0.39, 0.29) is 0 Å². The van der Waals surface area contributed by atoms with E-state index in [4.69, 9.17) is 0 Å². The molecule has 2 aromatic carbocycles. The molecule has 0 N–H and O–H groups in total. The minimum absolute atomic E-state index is 0.601. The number of benzene rings is 2. The molecular weight excluding hydrogens is 352 g/mol. The lowest BCUT2D eigenvalue weighted by Crippen LogP contribution is -2.01. The van der Waals surface area contributed by atoms with E-state index in [1.54, 1.807) is 0 Å². The van der Waals surface area contributed by atoms with Crippen LogP contribution in [0.25, 0.3) is 10.8 Å². The third kappa shape index (κ3) is 2.97. The molecule has 0 aliphatic rings. The molecule has 0 fully saturated rings. The summed E-state index contributed by atoms with van der Waals surface area (Å²) in [7, 11) is 0. The Kier molecular flexibility index (Phi) is 5.25. The average Bonchev–Trinajstić information content (AvgIpc) is 2.42. The van der Waals surface area contributed by atoms with Crippen molar-refractivity contribution in [2.45, 2.75) is 32.1 Å². The monoisotopic (exact) mass is 368 g/mol. The number of rotatable bonds is 5. The summed E-state index contributed by atoms with van der Waals surface area (Å²) in [6.07, 6.45) is 3.79. The molecule has 0 bridgehead atoms. The zero-order chi connectivity index (χ0) is 13.0. The van der Waals surface area contributed by atoms with Gasteiger partial charge in [-0.2, -0.15) is 0 Å². The molecule has 0 amide bonds. The van der Waals surface area contributed by atoms with Gasteiger partial charge >= 0.3 is 0 Å². The Labute approximate surface area is 126 Å². The third-order valence-electron chi connectivity index (χ3n) is 3.43. The van der Waals surface area contributed by atoms with Gasteiger partial charge in [-0.1, -0.05) is 72.1 Å². The lowest BCUT2D eigenvalue weighted by atomic mass is 9.93. The molecule has 2 heteroatoms. The number of hydrogen-bond acceptors (Lipinski definition) is 0. The summed E-state index contributed by atoms with van der Waals surface area (Å²) in [5.41, 5.74) is 1.43. The number of alkyl halides is 1. The molecule has 0 spiro atoms. The van der Waals surface area contributed by atoms with Gasteiger partial charge in [0.15, 0.2) is 0 Å². The molecule has 0 heterocycles. The molecule has 0 aliphatic carbocycles. The highest BCUT2D eigenvalue weighted by atomic mass is 79.9. The molecular formula is C16H18Br2. The van der Waals surface area contributed by atoms with Gasteiger partial charge in [0.25, 0.3) is 0 Å².